The molecule has 0 amide bonds. The van der Waals surface area contributed by atoms with Crippen molar-refractivity contribution in [3.05, 3.63) is 0 Å². The summed E-state index contributed by atoms with van der Waals surface area (Å²) in [6, 6.07) is 0. The molecule has 0 aromatic rings. The first-order valence-electron chi connectivity index (χ1n) is 4.86. The lowest BCUT2D eigenvalue weighted by Crippen LogP contribution is -2.37. The molecule has 0 heterocycles. The van der Waals surface area contributed by atoms with E-state index in [0.29, 0.717) is 0 Å². The average Bonchev–Trinajstić information content (AvgIpc) is 2.89. The van der Waals surface area contributed by atoms with Crippen LogP contribution in [0.25, 0.3) is 0 Å². The van der Waals surface area contributed by atoms with E-state index in [1.807, 2.05) is 0 Å². The van der Waals surface area contributed by atoms with Gasteiger partial charge in [-0.3, -0.25) is 0 Å². The maximum absolute atomic E-state index is 5.12. The summed E-state index contributed by atoms with van der Waals surface area (Å²) in [5.41, 5.74) is 0. The van der Waals surface area contributed by atoms with Crippen LogP contribution >= 0.6 is 12.2 Å². The average molecular weight is 184 g/mol. The molecule has 0 atom stereocenters. The summed E-state index contributed by atoms with van der Waals surface area (Å²) in [5, 5.41) is 7.35. The molecular weight excluding hydrogens is 168 g/mol. The fourth-order valence-corrected chi connectivity index (χ4v) is 1.35. The van der Waals surface area contributed by atoms with E-state index in [4.69, 9.17) is 12.2 Å². The van der Waals surface area contributed by atoms with Gasteiger partial charge in [0.05, 0.1) is 0 Å². The molecule has 2 nitrogen and oxygen atoms in total. The minimum absolute atomic E-state index is 0.855. The van der Waals surface area contributed by atoms with Gasteiger partial charge in [-0.2, -0.15) is 0 Å². The Hall–Kier alpha value is -0.310. The van der Waals surface area contributed by atoms with Crippen molar-refractivity contribution < 1.29 is 0 Å². The van der Waals surface area contributed by atoms with Gasteiger partial charge in [-0.1, -0.05) is 0 Å². The fourth-order valence-electron chi connectivity index (χ4n) is 1.18. The normalized spacial score (nSPS) is 22.0. The highest BCUT2D eigenvalue weighted by molar-refractivity contribution is 7.80. The van der Waals surface area contributed by atoms with E-state index < -0.39 is 0 Å². The lowest BCUT2D eigenvalue weighted by molar-refractivity contribution is 0.722. The molecule has 2 aliphatic carbocycles. The SMILES string of the molecule is S=C(NCC1CC1)NCC1CC1. The van der Waals surface area contributed by atoms with Crippen molar-refractivity contribution in [2.45, 2.75) is 25.7 Å². The molecule has 2 aliphatic rings. The zero-order chi connectivity index (χ0) is 8.39. The number of nitrogens with one attached hydrogen (secondary N) is 2. The Morgan fingerprint density at radius 2 is 1.42 bits per heavy atom. The summed E-state index contributed by atoms with van der Waals surface area (Å²) in [7, 11) is 0. The summed E-state index contributed by atoms with van der Waals surface area (Å²) in [4.78, 5) is 0. The molecule has 0 radical (unpaired) electrons. The van der Waals surface area contributed by atoms with Gasteiger partial charge in [0.25, 0.3) is 0 Å². The van der Waals surface area contributed by atoms with E-state index >= 15 is 0 Å². The molecule has 2 N–H and O–H groups in total. The fraction of sp³-hybridized carbons (Fsp3) is 0.889. The number of thiocarbonyl (C=S) groups is 1. The van der Waals surface area contributed by atoms with E-state index in [1.165, 1.54) is 25.7 Å². The van der Waals surface area contributed by atoms with E-state index in [-0.39, 0.29) is 0 Å². The molecule has 0 saturated heterocycles. The molecule has 12 heavy (non-hydrogen) atoms. The number of hydrogen-bond donors (Lipinski definition) is 2. The van der Waals surface area contributed by atoms with Gasteiger partial charge < -0.3 is 10.6 Å². The van der Waals surface area contributed by atoms with Crippen LogP contribution in [0.15, 0.2) is 0 Å². The van der Waals surface area contributed by atoms with Gasteiger partial charge in [0, 0.05) is 13.1 Å². The maximum atomic E-state index is 5.12. The van der Waals surface area contributed by atoms with Crippen molar-refractivity contribution >= 4 is 17.3 Å². The highest BCUT2D eigenvalue weighted by Crippen LogP contribution is 2.28. The van der Waals surface area contributed by atoms with Gasteiger partial charge >= 0.3 is 0 Å². The van der Waals surface area contributed by atoms with Gasteiger partial charge in [0.1, 0.15) is 0 Å². The number of hydrogen-bond acceptors (Lipinski definition) is 1. The quantitative estimate of drug-likeness (QED) is 0.643. The third-order valence-electron chi connectivity index (χ3n) is 2.50. The van der Waals surface area contributed by atoms with Crippen LogP contribution in [0.3, 0.4) is 0 Å². The minimum atomic E-state index is 0.855. The second-order valence-corrected chi connectivity index (χ2v) is 4.39. The summed E-state index contributed by atoms with van der Waals surface area (Å²) in [6.07, 6.45) is 5.55. The molecule has 2 fully saturated rings. The molecule has 0 bridgehead atoms. The van der Waals surface area contributed by atoms with Crippen LogP contribution in [0, 0.1) is 11.8 Å². The smallest absolute Gasteiger partial charge is 0.166 e. The van der Waals surface area contributed by atoms with Gasteiger partial charge in [0.15, 0.2) is 5.11 Å². The van der Waals surface area contributed by atoms with Crippen molar-refractivity contribution in [1.29, 1.82) is 0 Å². The first kappa shape index (κ1) is 8.30. The molecule has 68 valence electrons. The van der Waals surface area contributed by atoms with Crippen LogP contribution in [0.2, 0.25) is 0 Å². The van der Waals surface area contributed by atoms with Gasteiger partial charge in [-0.15, -0.1) is 0 Å². The molecule has 0 aromatic heterocycles. The van der Waals surface area contributed by atoms with E-state index in [2.05, 4.69) is 10.6 Å². The van der Waals surface area contributed by atoms with Crippen molar-refractivity contribution in [1.82, 2.24) is 10.6 Å². The third-order valence-corrected chi connectivity index (χ3v) is 2.79. The summed E-state index contributed by atoms with van der Waals surface area (Å²) < 4.78 is 0. The molecular formula is C9H16N2S. The standard InChI is InChI=1S/C9H16N2S/c12-9(10-5-7-1-2-7)11-6-8-3-4-8/h7-8H,1-6H2,(H2,10,11,12). The Bertz CT molecular complexity index is 155. The molecule has 2 rings (SSSR count). The van der Waals surface area contributed by atoms with Gasteiger partial charge in [0.2, 0.25) is 0 Å². The topological polar surface area (TPSA) is 24.1 Å². The second kappa shape index (κ2) is 3.60. The van der Waals surface area contributed by atoms with E-state index in [0.717, 1.165) is 30.0 Å². The maximum Gasteiger partial charge on any atom is 0.166 e. The molecule has 0 aromatic carbocycles. The zero-order valence-electron chi connectivity index (χ0n) is 7.31. The van der Waals surface area contributed by atoms with Crippen molar-refractivity contribution in [3.8, 4) is 0 Å². The summed E-state index contributed by atoms with van der Waals surface area (Å²) in [5.74, 6) is 1.82. The Morgan fingerprint density at radius 1 is 1.00 bits per heavy atom. The molecule has 0 aliphatic heterocycles. The summed E-state index contributed by atoms with van der Waals surface area (Å²) >= 11 is 5.12. The highest BCUT2D eigenvalue weighted by atomic mass is 32.1. The zero-order valence-corrected chi connectivity index (χ0v) is 8.12. The molecule has 3 heteroatoms. The van der Waals surface area contributed by atoms with Gasteiger partial charge in [-0.05, 0) is 49.7 Å². The lowest BCUT2D eigenvalue weighted by Gasteiger charge is -2.08. The third kappa shape index (κ3) is 2.97. The molecule has 0 unspecified atom stereocenters. The Labute approximate surface area is 79.1 Å². The Balaban J connectivity index is 1.50. The van der Waals surface area contributed by atoms with Crippen LogP contribution < -0.4 is 10.6 Å². The van der Waals surface area contributed by atoms with Crippen LogP contribution in [-0.4, -0.2) is 18.2 Å². The first-order valence-corrected chi connectivity index (χ1v) is 5.27. The van der Waals surface area contributed by atoms with Crippen molar-refractivity contribution in [2.75, 3.05) is 13.1 Å². The molecule has 0 spiro atoms. The van der Waals surface area contributed by atoms with Crippen LogP contribution in [-0.2, 0) is 0 Å². The van der Waals surface area contributed by atoms with Crippen molar-refractivity contribution in [2.24, 2.45) is 11.8 Å². The highest BCUT2D eigenvalue weighted by Gasteiger charge is 2.22. The van der Waals surface area contributed by atoms with Crippen molar-refractivity contribution in [3.63, 3.8) is 0 Å². The predicted octanol–water partition coefficient (Wildman–Crippen LogP) is 1.27. The van der Waals surface area contributed by atoms with Crippen LogP contribution in [0.4, 0.5) is 0 Å². The Kier molecular flexibility index (Phi) is 2.49. The monoisotopic (exact) mass is 184 g/mol. The minimum Gasteiger partial charge on any atom is -0.362 e. The predicted molar refractivity (Wildman–Crippen MR) is 54.1 cm³/mol. The number of rotatable bonds is 4. The second-order valence-electron chi connectivity index (χ2n) is 3.98. The van der Waals surface area contributed by atoms with Crippen LogP contribution in [0.1, 0.15) is 25.7 Å². The van der Waals surface area contributed by atoms with Crippen LogP contribution in [0.5, 0.6) is 0 Å². The lowest BCUT2D eigenvalue weighted by atomic mass is 10.4. The van der Waals surface area contributed by atoms with Gasteiger partial charge in [-0.25, -0.2) is 0 Å². The largest absolute Gasteiger partial charge is 0.362 e. The summed E-state index contributed by atoms with van der Waals surface area (Å²) in [6.45, 7) is 2.16. The van der Waals surface area contributed by atoms with E-state index in [1.54, 1.807) is 0 Å². The first-order chi connectivity index (χ1) is 5.84. The van der Waals surface area contributed by atoms with E-state index in [9.17, 15) is 0 Å². The molecule has 2 saturated carbocycles. The Morgan fingerprint density at radius 3 is 1.75 bits per heavy atom.